The summed E-state index contributed by atoms with van der Waals surface area (Å²) in [6.07, 6.45) is 5.11. The second kappa shape index (κ2) is 7.25. The van der Waals surface area contributed by atoms with Gasteiger partial charge in [0.15, 0.2) is 0 Å². The number of aromatic nitrogens is 2. The van der Waals surface area contributed by atoms with Crippen molar-refractivity contribution >= 4 is 9.84 Å². The number of rotatable bonds is 5. The van der Waals surface area contributed by atoms with Gasteiger partial charge < -0.3 is 4.57 Å². The SMILES string of the molecule is C[C@@H]1CCCN(Cc2cnc(S(C)(=O)=O)n2Cc2ccccc2F)C1. The van der Waals surface area contributed by atoms with Crippen LogP contribution in [-0.2, 0) is 22.9 Å². The molecule has 1 aliphatic heterocycles. The first-order valence-corrected chi connectivity index (χ1v) is 10.4. The van der Waals surface area contributed by atoms with Crippen LogP contribution in [0.5, 0.6) is 0 Å². The number of hydrogen-bond acceptors (Lipinski definition) is 4. The summed E-state index contributed by atoms with van der Waals surface area (Å²) < 4.78 is 39.9. The fraction of sp³-hybridized carbons (Fsp3) is 0.500. The molecule has 1 aliphatic rings. The molecule has 1 saturated heterocycles. The number of hydrogen-bond donors (Lipinski definition) is 0. The van der Waals surface area contributed by atoms with Crippen molar-refractivity contribution < 1.29 is 12.8 Å². The van der Waals surface area contributed by atoms with Crippen molar-refractivity contribution in [3.05, 3.63) is 47.5 Å². The molecule has 2 aromatic rings. The monoisotopic (exact) mass is 365 g/mol. The third kappa shape index (κ3) is 4.27. The molecule has 0 amide bonds. The van der Waals surface area contributed by atoms with Crippen molar-refractivity contribution in [2.24, 2.45) is 5.92 Å². The molecule has 2 heterocycles. The van der Waals surface area contributed by atoms with Gasteiger partial charge in [0.05, 0.1) is 18.4 Å². The van der Waals surface area contributed by atoms with Crippen LogP contribution in [0.3, 0.4) is 0 Å². The molecule has 0 unspecified atom stereocenters. The van der Waals surface area contributed by atoms with Gasteiger partial charge in [-0.1, -0.05) is 25.1 Å². The molecule has 0 bridgehead atoms. The number of halogens is 1. The number of benzene rings is 1. The summed E-state index contributed by atoms with van der Waals surface area (Å²) in [7, 11) is -3.49. The Balaban J connectivity index is 1.93. The van der Waals surface area contributed by atoms with Crippen LogP contribution in [0.25, 0.3) is 0 Å². The number of nitrogens with zero attached hydrogens (tertiary/aromatic N) is 3. The molecule has 1 aromatic heterocycles. The third-order valence-corrected chi connectivity index (χ3v) is 5.64. The summed E-state index contributed by atoms with van der Waals surface area (Å²) in [4.78, 5) is 6.44. The van der Waals surface area contributed by atoms with E-state index < -0.39 is 9.84 Å². The molecule has 7 heteroatoms. The Morgan fingerprint density at radius 2 is 2.04 bits per heavy atom. The van der Waals surface area contributed by atoms with E-state index in [4.69, 9.17) is 0 Å². The molecule has 5 nitrogen and oxygen atoms in total. The highest BCUT2D eigenvalue weighted by molar-refractivity contribution is 7.90. The zero-order valence-electron chi connectivity index (χ0n) is 14.7. The first-order valence-electron chi connectivity index (χ1n) is 8.55. The molecule has 0 spiro atoms. The third-order valence-electron chi connectivity index (χ3n) is 4.65. The highest BCUT2D eigenvalue weighted by atomic mass is 32.2. The van der Waals surface area contributed by atoms with Gasteiger partial charge in [0.25, 0.3) is 0 Å². The van der Waals surface area contributed by atoms with Gasteiger partial charge in [-0.05, 0) is 31.4 Å². The second-order valence-electron chi connectivity index (χ2n) is 6.96. The Bertz CT molecular complexity index is 848. The summed E-state index contributed by atoms with van der Waals surface area (Å²) in [6, 6.07) is 6.44. The lowest BCUT2D eigenvalue weighted by atomic mass is 10.0. The van der Waals surface area contributed by atoms with Crippen LogP contribution in [0.1, 0.15) is 31.0 Å². The fourth-order valence-corrected chi connectivity index (χ4v) is 4.27. The van der Waals surface area contributed by atoms with Gasteiger partial charge in [-0.25, -0.2) is 17.8 Å². The maximum Gasteiger partial charge on any atom is 0.227 e. The van der Waals surface area contributed by atoms with Crippen LogP contribution >= 0.6 is 0 Å². The summed E-state index contributed by atoms with van der Waals surface area (Å²) in [5.41, 5.74) is 1.26. The minimum absolute atomic E-state index is 0.00388. The first kappa shape index (κ1) is 18.1. The molecule has 0 aliphatic carbocycles. The summed E-state index contributed by atoms with van der Waals surface area (Å²) >= 11 is 0. The standard InChI is InChI=1S/C18H24FN3O2S/c1-14-6-5-9-21(11-14)13-16-10-20-18(25(2,23)24)22(16)12-15-7-3-4-8-17(15)19/h3-4,7-8,10,14H,5-6,9,11-13H2,1-2H3/t14-/m1/s1. The summed E-state index contributed by atoms with van der Waals surface area (Å²) in [6.45, 7) is 4.99. The van der Waals surface area contributed by atoms with Crippen LogP contribution in [-0.4, -0.2) is 42.2 Å². The van der Waals surface area contributed by atoms with E-state index in [1.54, 1.807) is 29.0 Å². The molecular weight excluding hydrogens is 341 g/mol. The van der Waals surface area contributed by atoms with Gasteiger partial charge in [0, 0.05) is 24.9 Å². The largest absolute Gasteiger partial charge is 0.313 e. The van der Waals surface area contributed by atoms with E-state index in [1.807, 2.05) is 0 Å². The van der Waals surface area contributed by atoms with Gasteiger partial charge in [-0.15, -0.1) is 0 Å². The maximum atomic E-state index is 14.1. The molecule has 1 atom stereocenters. The lowest BCUT2D eigenvalue weighted by Gasteiger charge is -2.31. The lowest BCUT2D eigenvalue weighted by Crippen LogP contribution is -2.34. The number of imidazole rings is 1. The zero-order chi connectivity index (χ0) is 18.0. The highest BCUT2D eigenvalue weighted by Crippen LogP contribution is 2.21. The van der Waals surface area contributed by atoms with Gasteiger partial charge in [0.2, 0.25) is 15.0 Å². The van der Waals surface area contributed by atoms with E-state index in [2.05, 4.69) is 16.8 Å². The Labute approximate surface area is 148 Å². The van der Waals surface area contributed by atoms with Crippen molar-refractivity contribution in [2.45, 2.75) is 38.0 Å². The van der Waals surface area contributed by atoms with E-state index in [0.717, 1.165) is 31.5 Å². The van der Waals surface area contributed by atoms with Crippen molar-refractivity contribution in [2.75, 3.05) is 19.3 Å². The van der Waals surface area contributed by atoms with E-state index in [1.165, 1.54) is 12.5 Å². The van der Waals surface area contributed by atoms with Crippen molar-refractivity contribution in [1.29, 1.82) is 0 Å². The minimum atomic E-state index is -3.49. The minimum Gasteiger partial charge on any atom is -0.313 e. The highest BCUT2D eigenvalue weighted by Gasteiger charge is 2.23. The summed E-state index contributed by atoms with van der Waals surface area (Å²) in [5, 5.41) is -0.00388. The maximum absolute atomic E-state index is 14.1. The van der Waals surface area contributed by atoms with Crippen molar-refractivity contribution in [3.8, 4) is 0 Å². The van der Waals surface area contributed by atoms with Crippen molar-refractivity contribution in [3.63, 3.8) is 0 Å². The van der Waals surface area contributed by atoms with Crippen LogP contribution in [0.2, 0.25) is 0 Å². The quantitative estimate of drug-likeness (QED) is 0.818. The van der Waals surface area contributed by atoms with Gasteiger partial charge in [0.1, 0.15) is 5.82 Å². The smallest absolute Gasteiger partial charge is 0.227 e. The number of piperidine rings is 1. The topological polar surface area (TPSA) is 55.2 Å². The van der Waals surface area contributed by atoms with Gasteiger partial charge in [-0.3, -0.25) is 4.90 Å². The number of sulfone groups is 1. The molecule has 1 fully saturated rings. The van der Waals surface area contributed by atoms with E-state index in [0.29, 0.717) is 18.0 Å². The predicted molar refractivity (Wildman–Crippen MR) is 94.5 cm³/mol. The summed E-state index contributed by atoms with van der Waals surface area (Å²) in [5.74, 6) is 0.291. The molecular formula is C18H24FN3O2S. The predicted octanol–water partition coefficient (Wildman–Crippen LogP) is 2.71. The van der Waals surface area contributed by atoms with E-state index in [-0.39, 0.29) is 17.5 Å². The molecule has 3 rings (SSSR count). The second-order valence-corrected chi connectivity index (χ2v) is 8.87. The Kier molecular flexibility index (Phi) is 5.24. The normalized spacial score (nSPS) is 19.2. The van der Waals surface area contributed by atoms with Crippen LogP contribution in [0.4, 0.5) is 4.39 Å². The van der Waals surface area contributed by atoms with Crippen LogP contribution in [0.15, 0.2) is 35.6 Å². The average molecular weight is 365 g/mol. The molecule has 1 aromatic carbocycles. The van der Waals surface area contributed by atoms with E-state index >= 15 is 0 Å². The molecule has 0 radical (unpaired) electrons. The zero-order valence-corrected chi connectivity index (χ0v) is 15.5. The Hall–Kier alpha value is -1.73. The fourth-order valence-electron chi connectivity index (χ4n) is 3.44. The molecule has 0 saturated carbocycles. The van der Waals surface area contributed by atoms with Crippen LogP contribution in [0, 0.1) is 11.7 Å². The first-order chi connectivity index (χ1) is 11.8. The lowest BCUT2D eigenvalue weighted by molar-refractivity contribution is 0.172. The Morgan fingerprint density at radius 3 is 2.72 bits per heavy atom. The molecule has 0 N–H and O–H groups in total. The van der Waals surface area contributed by atoms with Gasteiger partial charge >= 0.3 is 0 Å². The average Bonchev–Trinajstić information content (AvgIpc) is 2.92. The Morgan fingerprint density at radius 1 is 1.28 bits per heavy atom. The van der Waals surface area contributed by atoms with Gasteiger partial charge in [-0.2, -0.15) is 0 Å². The van der Waals surface area contributed by atoms with E-state index in [9.17, 15) is 12.8 Å². The molecule has 25 heavy (non-hydrogen) atoms. The van der Waals surface area contributed by atoms with Crippen LogP contribution < -0.4 is 0 Å². The number of likely N-dealkylation sites (tertiary alicyclic amines) is 1. The molecule has 136 valence electrons. The van der Waals surface area contributed by atoms with Crippen molar-refractivity contribution in [1.82, 2.24) is 14.5 Å².